The molecule has 1 amide bonds. The van der Waals surface area contributed by atoms with Crippen LogP contribution >= 0.6 is 0 Å². The highest BCUT2D eigenvalue weighted by molar-refractivity contribution is 5.68. The van der Waals surface area contributed by atoms with Crippen molar-refractivity contribution >= 4 is 6.09 Å². The highest BCUT2D eigenvalue weighted by Crippen LogP contribution is 2.19. The molecule has 5 heteroatoms. The number of amides is 1. The summed E-state index contributed by atoms with van der Waals surface area (Å²) in [5, 5.41) is 6.36. The molecule has 1 aliphatic rings. The first-order valence-corrected chi connectivity index (χ1v) is 6.83. The van der Waals surface area contributed by atoms with Crippen molar-refractivity contribution in [1.29, 1.82) is 0 Å². The van der Waals surface area contributed by atoms with Gasteiger partial charge in [0.25, 0.3) is 0 Å². The van der Waals surface area contributed by atoms with Crippen molar-refractivity contribution in [3.8, 4) is 0 Å². The minimum atomic E-state index is -0.435. The van der Waals surface area contributed by atoms with Gasteiger partial charge in [-0.1, -0.05) is 0 Å². The van der Waals surface area contributed by atoms with Gasteiger partial charge in [-0.2, -0.15) is 0 Å². The molecule has 1 aliphatic carbocycles. The van der Waals surface area contributed by atoms with Crippen LogP contribution in [-0.2, 0) is 4.74 Å². The van der Waals surface area contributed by atoms with E-state index in [1.807, 2.05) is 20.8 Å². The molecule has 0 heterocycles. The summed E-state index contributed by atoms with van der Waals surface area (Å²) in [6, 6.07) is 0.672. The average Bonchev–Trinajstić information content (AvgIpc) is 2.24. The van der Waals surface area contributed by atoms with Gasteiger partial charge in [0.15, 0.2) is 0 Å². The molecule has 18 heavy (non-hydrogen) atoms. The highest BCUT2D eigenvalue weighted by Gasteiger charge is 2.24. The fourth-order valence-corrected chi connectivity index (χ4v) is 2.27. The lowest BCUT2D eigenvalue weighted by molar-refractivity contribution is 0.0489. The number of ether oxygens (including phenoxy) is 1. The maximum absolute atomic E-state index is 11.7. The summed E-state index contributed by atoms with van der Waals surface area (Å²) < 4.78 is 5.27. The normalized spacial score (nSPS) is 24.7. The van der Waals surface area contributed by atoms with E-state index in [2.05, 4.69) is 10.6 Å². The van der Waals surface area contributed by atoms with E-state index >= 15 is 0 Å². The Balaban J connectivity index is 2.31. The van der Waals surface area contributed by atoms with Crippen molar-refractivity contribution in [3.05, 3.63) is 0 Å². The van der Waals surface area contributed by atoms with Crippen LogP contribution in [0.1, 0.15) is 46.5 Å². The Kier molecular flexibility index (Phi) is 5.88. The zero-order chi connectivity index (χ0) is 13.6. The highest BCUT2D eigenvalue weighted by atomic mass is 16.6. The van der Waals surface area contributed by atoms with Crippen molar-refractivity contribution < 1.29 is 9.53 Å². The molecular formula is C13H27N3O2. The van der Waals surface area contributed by atoms with E-state index in [0.29, 0.717) is 12.6 Å². The van der Waals surface area contributed by atoms with E-state index in [0.717, 1.165) is 32.2 Å². The van der Waals surface area contributed by atoms with Crippen LogP contribution in [0.25, 0.3) is 0 Å². The van der Waals surface area contributed by atoms with Gasteiger partial charge in [-0.15, -0.1) is 0 Å². The van der Waals surface area contributed by atoms with Crippen LogP contribution in [-0.4, -0.2) is 36.9 Å². The molecule has 0 aliphatic heterocycles. The van der Waals surface area contributed by atoms with Gasteiger partial charge in [-0.3, -0.25) is 0 Å². The molecule has 0 saturated heterocycles. The van der Waals surface area contributed by atoms with Crippen LogP contribution in [0.3, 0.4) is 0 Å². The number of nitrogens with two attached hydrogens (primary N) is 1. The molecule has 0 unspecified atom stereocenters. The first-order chi connectivity index (χ1) is 8.40. The third kappa shape index (κ3) is 6.21. The summed E-state index contributed by atoms with van der Waals surface area (Å²) in [6.45, 7) is 7.11. The number of carbonyl (C=O) groups excluding carboxylic acids is 1. The average molecular weight is 257 g/mol. The topological polar surface area (TPSA) is 76.4 Å². The number of rotatable bonds is 4. The second-order valence-corrected chi connectivity index (χ2v) is 5.95. The van der Waals surface area contributed by atoms with Crippen molar-refractivity contribution in [2.24, 2.45) is 5.73 Å². The molecule has 0 radical (unpaired) electrons. The Labute approximate surface area is 110 Å². The number of alkyl carbamates (subject to hydrolysis) is 1. The molecule has 0 spiro atoms. The second kappa shape index (κ2) is 6.95. The summed E-state index contributed by atoms with van der Waals surface area (Å²) in [7, 11) is 0. The van der Waals surface area contributed by atoms with E-state index in [4.69, 9.17) is 10.5 Å². The lowest BCUT2D eigenvalue weighted by atomic mass is 9.91. The number of carbonyl (C=O) groups is 1. The van der Waals surface area contributed by atoms with Crippen LogP contribution < -0.4 is 16.4 Å². The summed E-state index contributed by atoms with van der Waals surface area (Å²) in [6.07, 6.45) is 3.96. The molecule has 0 aromatic rings. The minimum absolute atomic E-state index is 0.212. The van der Waals surface area contributed by atoms with Gasteiger partial charge in [0.05, 0.1) is 0 Å². The van der Waals surface area contributed by atoms with Crippen LogP contribution in [0.2, 0.25) is 0 Å². The number of hydrogen-bond acceptors (Lipinski definition) is 4. The molecule has 0 aromatic heterocycles. The summed E-state index contributed by atoms with van der Waals surface area (Å²) in [5.41, 5.74) is 5.04. The molecule has 4 N–H and O–H groups in total. The van der Waals surface area contributed by atoms with E-state index < -0.39 is 5.60 Å². The van der Waals surface area contributed by atoms with Crippen molar-refractivity contribution in [3.63, 3.8) is 0 Å². The lowest BCUT2D eigenvalue weighted by Gasteiger charge is -2.31. The molecule has 2 atom stereocenters. The van der Waals surface area contributed by atoms with E-state index in [-0.39, 0.29) is 12.1 Å². The molecule has 0 aromatic carbocycles. The second-order valence-electron chi connectivity index (χ2n) is 5.95. The monoisotopic (exact) mass is 257 g/mol. The molecule has 0 bridgehead atoms. The lowest BCUT2D eigenvalue weighted by Crippen LogP contribution is -2.46. The summed E-state index contributed by atoms with van der Waals surface area (Å²) in [5.74, 6) is 0. The largest absolute Gasteiger partial charge is 0.444 e. The van der Waals surface area contributed by atoms with Crippen LogP contribution in [0.5, 0.6) is 0 Å². The molecule has 1 rings (SSSR count). The quantitative estimate of drug-likeness (QED) is 0.711. The Bertz CT molecular complexity index is 263. The van der Waals surface area contributed by atoms with Crippen molar-refractivity contribution in [2.75, 3.05) is 13.1 Å². The maximum Gasteiger partial charge on any atom is 0.407 e. The first kappa shape index (κ1) is 15.2. The molecule has 1 fully saturated rings. The Morgan fingerprint density at radius 1 is 1.33 bits per heavy atom. The van der Waals surface area contributed by atoms with Gasteiger partial charge < -0.3 is 21.1 Å². The number of nitrogens with one attached hydrogen (secondary N) is 2. The third-order valence-corrected chi connectivity index (χ3v) is 2.97. The molecule has 1 saturated carbocycles. The van der Waals surface area contributed by atoms with Gasteiger partial charge in [0.2, 0.25) is 0 Å². The smallest absolute Gasteiger partial charge is 0.407 e. The molecule has 5 nitrogen and oxygen atoms in total. The minimum Gasteiger partial charge on any atom is -0.444 e. The molecule has 106 valence electrons. The fourth-order valence-electron chi connectivity index (χ4n) is 2.27. The Hall–Kier alpha value is -0.810. The van der Waals surface area contributed by atoms with Gasteiger partial charge >= 0.3 is 6.09 Å². The van der Waals surface area contributed by atoms with Crippen LogP contribution in [0.15, 0.2) is 0 Å². The van der Waals surface area contributed by atoms with Crippen LogP contribution in [0.4, 0.5) is 4.79 Å². The predicted octanol–water partition coefficient (Wildman–Crippen LogP) is 1.37. The Morgan fingerprint density at radius 2 is 2.00 bits per heavy atom. The fraction of sp³-hybridized carbons (Fsp3) is 0.923. The number of hydrogen-bond donors (Lipinski definition) is 3. The van der Waals surface area contributed by atoms with Crippen LogP contribution in [0, 0.1) is 0 Å². The zero-order valence-electron chi connectivity index (χ0n) is 11.8. The van der Waals surface area contributed by atoms with Gasteiger partial charge in [0.1, 0.15) is 5.60 Å². The van der Waals surface area contributed by atoms with E-state index in [1.165, 1.54) is 0 Å². The standard InChI is InChI=1S/C13H27N3O2/c1-13(2,3)18-12(17)16-11-6-4-5-10(9-11)15-8-7-14/h10-11,15H,4-9,14H2,1-3H3,(H,16,17)/t10-,11-/m0/s1. The van der Waals surface area contributed by atoms with Crippen molar-refractivity contribution in [2.45, 2.75) is 64.1 Å². The van der Waals surface area contributed by atoms with Gasteiger partial charge in [0, 0.05) is 25.2 Å². The SMILES string of the molecule is CC(C)(C)OC(=O)N[C@H]1CCC[C@H](NCCN)C1. The molecular weight excluding hydrogens is 230 g/mol. The third-order valence-electron chi connectivity index (χ3n) is 2.97. The van der Waals surface area contributed by atoms with E-state index in [1.54, 1.807) is 0 Å². The maximum atomic E-state index is 11.7. The Morgan fingerprint density at radius 3 is 2.61 bits per heavy atom. The van der Waals surface area contributed by atoms with Gasteiger partial charge in [-0.05, 0) is 46.5 Å². The van der Waals surface area contributed by atoms with E-state index in [9.17, 15) is 4.79 Å². The van der Waals surface area contributed by atoms with Gasteiger partial charge in [-0.25, -0.2) is 4.79 Å². The first-order valence-electron chi connectivity index (χ1n) is 6.83. The predicted molar refractivity (Wildman–Crippen MR) is 72.5 cm³/mol. The zero-order valence-corrected chi connectivity index (χ0v) is 11.8. The summed E-state index contributed by atoms with van der Waals surface area (Å²) >= 11 is 0. The van der Waals surface area contributed by atoms with Crippen molar-refractivity contribution in [1.82, 2.24) is 10.6 Å². The summed E-state index contributed by atoms with van der Waals surface area (Å²) in [4.78, 5) is 11.7.